The van der Waals surface area contributed by atoms with Crippen LogP contribution in [0.5, 0.6) is 0 Å². The standard InChI is InChI=1S/C26H15Cl2N3/c27-20-8-5-7-19(14-20)25-15-18(13-12-17-6-1-2-9-22(17)28)21(16-29)26-30-23-10-3-4-11-24(23)31(25)26/h1-15H/b13-12+. The van der Waals surface area contributed by atoms with Gasteiger partial charge >= 0.3 is 0 Å². The lowest BCUT2D eigenvalue weighted by molar-refractivity contribution is 1.21. The molecule has 0 saturated carbocycles. The number of rotatable bonds is 3. The SMILES string of the molecule is N#Cc1c(/C=C/c2ccccc2Cl)cc(-c2cccc(Cl)c2)n2c1nc1ccccc12. The average molecular weight is 440 g/mol. The van der Waals surface area contributed by atoms with Gasteiger partial charge in [0.1, 0.15) is 11.6 Å². The van der Waals surface area contributed by atoms with Gasteiger partial charge in [0.15, 0.2) is 5.65 Å². The maximum absolute atomic E-state index is 10.0. The summed E-state index contributed by atoms with van der Waals surface area (Å²) in [6.45, 7) is 0. The number of fused-ring (bicyclic) bond motifs is 3. The van der Waals surface area contributed by atoms with Crippen molar-refractivity contribution in [1.82, 2.24) is 9.38 Å². The molecule has 3 nitrogen and oxygen atoms in total. The maximum Gasteiger partial charge on any atom is 0.157 e. The fourth-order valence-electron chi connectivity index (χ4n) is 3.75. The Balaban J connectivity index is 1.84. The molecule has 2 heterocycles. The number of nitriles is 1. The molecule has 31 heavy (non-hydrogen) atoms. The Kier molecular flexibility index (Phi) is 4.95. The lowest BCUT2D eigenvalue weighted by Gasteiger charge is -2.11. The summed E-state index contributed by atoms with van der Waals surface area (Å²) < 4.78 is 2.02. The van der Waals surface area contributed by atoms with Gasteiger partial charge in [-0.2, -0.15) is 5.26 Å². The molecule has 0 fully saturated rings. The minimum Gasteiger partial charge on any atom is -0.291 e. The van der Waals surface area contributed by atoms with Crippen LogP contribution in [0.3, 0.4) is 0 Å². The first-order valence-electron chi connectivity index (χ1n) is 9.68. The molecule has 5 rings (SSSR count). The monoisotopic (exact) mass is 439 g/mol. The number of hydrogen-bond donors (Lipinski definition) is 0. The molecule has 0 N–H and O–H groups in total. The van der Waals surface area contributed by atoms with E-state index >= 15 is 0 Å². The van der Waals surface area contributed by atoms with Crippen molar-refractivity contribution in [3.63, 3.8) is 0 Å². The highest BCUT2D eigenvalue weighted by atomic mass is 35.5. The van der Waals surface area contributed by atoms with E-state index in [2.05, 4.69) is 6.07 Å². The van der Waals surface area contributed by atoms with Crippen LogP contribution in [0.4, 0.5) is 0 Å². The summed E-state index contributed by atoms with van der Waals surface area (Å²) >= 11 is 12.6. The molecule has 0 radical (unpaired) electrons. The summed E-state index contributed by atoms with van der Waals surface area (Å²) in [5.41, 5.74) is 6.37. The van der Waals surface area contributed by atoms with Crippen molar-refractivity contribution in [2.45, 2.75) is 0 Å². The highest BCUT2D eigenvalue weighted by Crippen LogP contribution is 2.32. The molecular weight excluding hydrogens is 425 g/mol. The largest absolute Gasteiger partial charge is 0.291 e. The van der Waals surface area contributed by atoms with Crippen molar-refractivity contribution in [1.29, 1.82) is 5.26 Å². The number of aromatic nitrogens is 2. The van der Waals surface area contributed by atoms with E-state index in [0.29, 0.717) is 21.3 Å². The second-order valence-corrected chi connectivity index (χ2v) is 7.94. The second-order valence-electron chi connectivity index (χ2n) is 7.10. The Bertz CT molecular complexity index is 1520. The van der Waals surface area contributed by atoms with Gasteiger partial charge in [-0.3, -0.25) is 4.40 Å². The van der Waals surface area contributed by atoms with Gasteiger partial charge in [-0.1, -0.05) is 77.8 Å². The van der Waals surface area contributed by atoms with Gasteiger partial charge in [0.25, 0.3) is 0 Å². The molecule has 2 aromatic heterocycles. The summed E-state index contributed by atoms with van der Waals surface area (Å²) in [6, 6.07) is 27.5. The van der Waals surface area contributed by atoms with Crippen LogP contribution in [0.1, 0.15) is 16.7 Å². The third kappa shape index (κ3) is 3.47. The molecule has 0 aliphatic carbocycles. The molecule has 0 aliphatic heterocycles. The smallest absolute Gasteiger partial charge is 0.157 e. The first-order chi connectivity index (χ1) is 15.2. The van der Waals surface area contributed by atoms with Gasteiger partial charge in [-0.15, -0.1) is 0 Å². The molecule has 0 aliphatic rings. The number of halogens is 2. The van der Waals surface area contributed by atoms with Crippen LogP contribution >= 0.6 is 23.2 Å². The summed E-state index contributed by atoms with van der Waals surface area (Å²) in [7, 11) is 0. The molecule has 0 amide bonds. The summed E-state index contributed by atoms with van der Waals surface area (Å²) in [5, 5.41) is 11.3. The summed E-state index contributed by atoms with van der Waals surface area (Å²) in [4.78, 5) is 4.78. The number of nitrogens with zero attached hydrogens (tertiary/aromatic N) is 3. The number of para-hydroxylation sites is 2. The fraction of sp³-hybridized carbons (Fsp3) is 0. The minimum atomic E-state index is 0.505. The van der Waals surface area contributed by atoms with E-state index in [0.717, 1.165) is 33.4 Å². The molecule has 0 unspecified atom stereocenters. The average Bonchev–Trinajstić information content (AvgIpc) is 3.17. The predicted molar refractivity (Wildman–Crippen MR) is 128 cm³/mol. The van der Waals surface area contributed by atoms with E-state index in [1.165, 1.54) is 0 Å². The van der Waals surface area contributed by atoms with Gasteiger partial charge in [0, 0.05) is 15.6 Å². The van der Waals surface area contributed by atoms with Crippen LogP contribution in [0.25, 0.3) is 40.1 Å². The van der Waals surface area contributed by atoms with Crippen LogP contribution in [0.2, 0.25) is 10.0 Å². The Morgan fingerprint density at radius 3 is 2.42 bits per heavy atom. The van der Waals surface area contributed by atoms with Crippen molar-refractivity contribution < 1.29 is 0 Å². The van der Waals surface area contributed by atoms with E-state index in [1.54, 1.807) is 0 Å². The first kappa shape index (κ1) is 19.4. The normalized spacial score (nSPS) is 11.4. The molecule has 5 heteroatoms. The third-order valence-electron chi connectivity index (χ3n) is 5.19. The predicted octanol–water partition coefficient (Wildman–Crippen LogP) is 7.50. The maximum atomic E-state index is 10.0. The van der Waals surface area contributed by atoms with Crippen molar-refractivity contribution >= 4 is 52.0 Å². The van der Waals surface area contributed by atoms with Crippen molar-refractivity contribution in [2.24, 2.45) is 0 Å². The first-order valence-corrected chi connectivity index (χ1v) is 10.4. The summed E-state index contributed by atoms with van der Waals surface area (Å²) in [6.07, 6.45) is 3.83. The van der Waals surface area contributed by atoms with Crippen LogP contribution in [-0.4, -0.2) is 9.38 Å². The van der Waals surface area contributed by atoms with E-state index in [9.17, 15) is 5.26 Å². The van der Waals surface area contributed by atoms with Crippen LogP contribution in [0.15, 0.2) is 78.9 Å². The summed E-state index contributed by atoms with van der Waals surface area (Å²) in [5.74, 6) is 0. The quantitative estimate of drug-likeness (QED) is 0.291. The Labute approximate surface area is 189 Å². The highest BCUT2D eigenvalue weighted by molar-refractivity contribution is 6.32. The number of benzene rings is 3. The number of pyridine rings is 1. The van der Waals surface area contributed by atoms with Gasteiger partial charge in [-0.05, 0) is 47.5 Å². The fourth-order valence-corrected chi connectivity index (χ4v) is 4.14. The van der Waals surface area contributed by atoms with Crippen molar-refractivity contribution in [3.05, 3.63) is 106 Å². The zero-order valence-corrected chi connectivity index (χ0v) is 17.8. The molecule has 0 spiro atoms. The lowest BCUT2D eigenvalue weighted by atomic mass is 10.0. The molecular formula is C26H15Cl2N3. The van der Waals surface area contributed by atoms with Gasteiger partial charge < -0.3 is 0 Å². The van der Waals surface area contributed by atoms with Crippen LogP contribution < -0.4 is 0 Å². The van der Waals surface area contributed by atoms with E-state index in [4.69, 9.17) is 28.2 Å². The molecule has 3 aromatic carbocycles. The van der Waals surface area contributed by atoms with Gasteiger partial charge in [-0.25, -0.2) is 4.98 Å². The Morgan fingerprint density at radius 2 is 1.61 bits per heavy atom. The topological polar surface area (TPSA) is 41.1 Å². The van der Waals surface area contributed by atoms with Gasteiger partial charge in [0.05, 0.1) is 16.7 Å². The molecule has 0 saturated heterocycles. The van der Waals surface area contributed by atoms with E-state index in [1.807, 2.05) is 95.4 Å². The molecule has 5 aromatic rings. The second kappa shape index (κ2) is 7.92. The van der Waals surface area contributed by atoms with Gasteiger partial charge in [0.2, 0.25) is 0 Å². The third-order valence-corrected chi connectivity index (χ3v) is 5.77. The van der Waals surface area contributed by atoms with E-state index < -0.39 is 0 Å². The zero-order chi connectivity index (χ0) is 21.4. The van der Waals surface area contributed by atoms with Crippen LogP contribution in [-0.2, 0) is 0 Å². The molecule has 0 atom stereocenters. The minimum absolute atomic E-state index is 0.505. The number of hydrogen-bond acceptors (Lipinski definition) is 2. The number of imidazole rings is 1. The zero-order valence-electron chi connectivity index (χ0n) is 16.3. The molecule has 148 valence electrons. The van der Waals surface area contributed by atoms with Crippen molar-refractivity contribution in [2.75, 3.05) is 0 Å². The van der Waals surface area contributed by atoms with Crippen molar-refractivity contribution in [3.8, 4) is 17.3 Å². The lowest BCUT2D eigenvalue weighted by Crippen LogP contribution is -1.98. The highest BCUT2D eigenvalue weighted by Gasteiger charge is 2.17. The van der Waals surface area contributed by atoms with E-state index in [-0.39, 0.29) is 0 Å². The van der Waals surface area contributed by atoms with Crippen LogP contribution in [0, 0.1) is 11.3 Å². The Morgan fingerprint density at radius 1 is 0.839 bits per heavy atom. The molecule has 0 bridgehead atoms. The Hall–Kier alpha value is -3.58.